The number of carbonyl (C=O) groups excluding carboxylic acids is 5. The van der Waals surface area contributed by atoms with E-state index in [1.165, 1.54) is 36.4 Å². The maximum absolute atomic E-state index is 13.5. The molecule has 13 heteroatoms. The number of amides is 3. The number of nitrogens with one attached hydrogen (secondary N) is 2. The largest absolute Gasteiger partial charge is 0.463 e. The molecule has 2 aromatic rings. The van der Waals surface area contributed by atoms with E-state index in [9.17, 15) is 28.4 Å². The van der Waals surface area contributed by atoms with Crippen LogP contribution >= 0.6 is 0 Å². The topological polar surface area (TPSA) is 180 Å². The van der Waals surface area contributed by atoms with Crippen LogP contribution in [0, 0.1) is 18.7 Å². The summed E-state index contributed by atoms with van der Waals surface area (Å²) in [5.74, 6) is -4.14. The molecule has 1 heterocycles. The van der Waals surface area contributed by atoms with Crippen molar-refractivity contribution in [1.29, 1.82) is 0 Å². The Morgan fingerprint density at radius 3 is 2.37 bits per heavy atom. The molecule has 1 aromatic carbocycles. The number of rotatable bonds is 15. The smallest absolute Gasteiger partial charge is 0.330 e. The van der Waals surface area contributed by atoms with Gasteiger partial charge in [-0.2, -0.15) is 0 Å². The highest BCUT2D eigenvalue weighted by Crippen LogP contribution is 2.14. The average molecular weight is 575 g/mol. The Bertz CT molecular complexity index is 1240. The molecule has 222 valence electrons. The van der Waals surface area contributed by atoms with Gasteiger partial charge in [0.05, 0.1) is 6.61 Å². The minimum absolute atomic E-state index is 0.0350. The van der Waals surface area contributed by atoms with E-state index in [0.717, 1.165) is 6.08 Å². The lowest BCUT2D eigenvalue weighted by Crippen LogP contribution is -2.49. The predicted octanol–water partition coefficient (Wildman–Crippen LogP) is 1.90. The van der Waals surface area contributed by atoms with E-state index in [4.69, 9.17) is 19.7 Å². The molecule has 41 heavy (non-hydrogen) atoms. The third kappa shape index (κ3) is 11.2. The second kappa shape index (κ2) is 15.9. The third-order valence-corrected chi connectivity index (χ3v) is 5.73. The predicted molar refractivity (Wildman–Crippen MR) is 143 cm³/mol. The fourth-order valence-corrected chi connectivity index (χ4v) is 3.60. The number of benzene rings is 1. The number of hydrogen-bond donors (Lipinski definition) is 3. The number of nitrogens with two attached hydrogens (primary N) is 1. The second-order valence-corrected chi connectivity index (χ2v) is 9.51. The Balaban J connectivity index is 2.28. The first-order valence-corrected chi connectivity index (χ1v) is 13.0. The van der Waals surface area contributed by atoms with Crippen LogP contribution in [0.4, 0.5) is 4.39 Å². The standard InChI is InChI=1S/C28H35FN4O8/c1-5-39-24(35)13-11-20(10-12-23(30)34)31-27(37)22(15-18-6-8-19(29)9-7-18)40-28(38)25(16(2)3)32-26(36)21-14-17(4)41-33-21/h6-9,11,13-14,16,20,22,25H,5,10,12,15H2,1-4H3,(H2,30,34)(H,31,37)(H,32,36)/b13-11+/t20-,22-,25-/m0/s1. The van der Waals surface area contributed by atoms with Gasteiger partial charge in [-0.05, 0) is 43.9 Å². The van der Waals surface area contributed by atoms with E-state index in [0.29, 0.717) is 11.3 Å². The number of ether oxygens (including phenoxy) is 2. The summed E-state index contributed by atoms with van der Waals surface area (Å²) in [7, 11) is 0. The molecule has 0 aliphatic heterocycles. The van der Waals surface area contributed by atoms with Gasteiger partial charge >= 0.3 is 11.9 Å². The summed E-state index contributed by atoms with van der Waals surface area (Å²) >= 11 is 0. The molecule has 4 N–H and O–H groups in total. The van der Waals surface area contributed by atoms with Gasteiger partial charge in [0, 0.05) is 31.0 Å². The molecule has 3 atom stereocenters. The highest BCUT2D eigenvalue weighted by Gasteiger charge is 2.32. The van der Waals surface area contributed by atoms with Crippen LogP contribution < -0.4 is 16.4 Å². The van der Waals surface area contributed by atoms with Gasteiger partial charge in [-0.3, -0.25) is 14.4 Å². The van der Waals surface area contributed by atoms with Crippen molar-refractivity contribution in [1.82, 2.24) is 15.8 Å². The van der Waals surface area contributed by atoms with Crippen molar-refractivity contribution in [2.75, 3.05) is 6.61 Å². The van der Waals surface area contributed by atoms with Gasteiger partial charge < -0.3 is 30.4 Å². The summed E-state index contributed by atoms with van der Waals surface area (Å²) in [6, 6.07) is 4.66. The number of nitrogens with zero attached hydrogens (tertiary/aromatic N) is 1. The Labute approximate surface area is 236 Å². The van der Waals surface area contributed by atoms with Crippen LogP contribution in [0.2, 0.25) is 0 Å². The molecule has 0 saturated carbocycles. The molecule has 0 radical (unpaired) electrons. The quantitative estimate of drug-likeness (QED) is 0.211. The molecule has 0 fully saturated rings. The van der Waals surface area contributed by atoms with E-state index in [1.54, 1.807) is 27.7 Å². The Morgan fingerprint density at radius 2 is 1.80 bits per heavy atom. The van der Waals surface area contributed by atoms with Crippen molar-refractivity contribution in [2.24, 2.45) is 11.7 Å². The molecule has 0 spiro atoms. The third-order valence-electron chi connectivity index (χ3n) is 5.73. The first-order valence-electron chi connectivity index (χ1n) is 13.0. The van der Waals surface area contributed by atoms with Crippen molar-refractivity contribution in [3.05, 3.63) is 65.3 Å². The number of esters is 2. The normalized spacial score (nSPS) is 13.3. The Morgan fingerprint density at radius 1 is 1.12 bits per heavy atom. The van der Waals surface area contributed by atoms with Crippen molar-refractivity contribution in [3.63, 3.8) is 0 Å². The van der Waals surface area contributed by atoms with Crippen molar-refractivity contribution in [3.8, 4) is 0 Å². The van der Waals surface area contributed by atoms with Crippen molar-refractivity contribution in [2.45, 2.75) is 65.1 Å². The van der Waals surface area contributed by atoms with Gasteiger partial charge in [-0.1, -0.05) is 37.2 Å². The Hall–Kier alpha value is -4.55. The van der Waals surface area contributed by atoms with Crippen LogP contribution in [-0.4, -0.2) is 59.6 Å². The molecular formula is C28H35FN4O8. The summed E-state index contributed by atoms with van der Waals surface area (Å²) in [5, 5.41) is 8.83. The molecule has 1 aromatic heterocycles. The summed E-state index contributed by atoms with van der Waals surface area (Å²) in [6.07, 6.45) is 0.828. The number of aromatic nitrogens is 1. The van der Waals surface area contributed by atoms with Gasteiger partial charge in [0.2, 0.25) is 5.91 Å². The van der Waals surface area contributed by atoms with E-state index >= 15 is 0 Å². The minimum Gasteiger partial charge on any atom is -0.463 e. The highest BCUT2D eigenvalue weighted by atomic mass is 19.1. The number of primary amides is 1. The number of carbonyl (C=O) groups is 5. The fraction of sp³-hybridized carbons (Fsp3) is 0.429. The number of halogens is 1. The van der Waals surface area contributed by atoms with Gasteiger partial charge in [-0.25, -0.2) is 14.0 Å². The molecule has 0 bridgehead atoms. The van der Waals surface area contributed by atoms with Crippen molar-refractivity contribution >= 4 is 29.7 Å². The summed E-state index contributed by atoms with van der Waals surface area (Å²) in [5.41, 5.74) is 5.70. The first kappa shape index (κ1) is 32.7. The molecule has 2 rings (SSSR count). The lowest BCUT2D eigenvalue weighted by Gasteiger charge is -2.25. The minimum atomic E-state index is -1.42. The second-order valence-electron chi connectivity index (χ2n) is 9.51. The summed E-state index contributed by atoms with van der Waals surface area (Å²) in [6.45, 7) is 6.73. The summed E-state index contributed by atoms with van der Waals surface area (Å²) < 4.78 is 28.8. The van der Waals surface area contributed by atoms with Crippen LogP contribution in [0.15, 0.2) is 47.0 Å². The average Bonchev–Trinajstić information content (AvgIpc) is 3.35. The fourth-order valence-electron chi connectivity index (χ4n) is 3.60. The molecule has 0 aliphatic rings. The lowest BCUT2D eigenvalue weighted by atomic mass is 10.0. The van der Waals surface area contributed by atoms with Crippen LogP contribution in [0.25, 0.3) is 0 Å². The maximum Gasteiger partial charge on any atom is 0.330 e. The molecule has 0 unspecified atom stereocenters. The molecule has 12 nitrogen and oxygen atoms in total. The van der Waals surface area contributed by atoms with Crippen LogP contribution in [0.3, 0.4) is 0 Å². The molecule has 3 amide bonds. The van der Waals surface area contributed by atoms with Gasteiger partial charge in [-0.15, -0.1) is 0 Å². The monoisotopic (exact) mass is 574 g/mol. The van der Waals surface area contributed by atoms with E-state index < -0.39 is 59.6 Å². The number of aryl methyl sites for hydroxylation is 1. The lowest BCUT2D eigenvalue weighted by molar-refractivity contribution is -0.158. The zero-order valence-electron chi connectivity index (χ0n) is 23.3. The molecule has 0 aliphatic carbocycles. The van der Waals surface area contributed by atoms with E-state index in [1.807, 2.05) is 0 Å². The SMILES string of the molecule is CCOC(=O)/C=C/[C@H](CCC(N)=O)NC(=O)[C@H](Cc1ccc(F)cc1)OC(=O)[C@@H](NC(=O)c1cc(C)on1)C(C)C. The van der Waals surface area contributed by atoms with E-state index in [-0.39, 0.29) is 31.6 Å². The van der Waals surface area contributed by atoms with Gasteiger partial charge in [0.25, 0.3) is 11.8 Å². The van der Waals surface area contributed by atoms with Crippen molar-refractivity contribution < 1.29 is 42.4 Å². The zero-order chi connectivity index (χ0) is 30.5. The first-order chi connectivity index (χ1) is 19.4. The van der Waals surface area contributed by atoms with Crippen LogP contribution in [0.5, 0.6) is 0 Å². The van der Waals surface area contributed by atoms with E-state index in [2.05, 4.69) is 15.8 Å². The van der Waals surface area contributed by atoms with Crippen LogP contribution in [0.1, 0.15) is 55.4 Å². The van der Waals surface area contributed by atoms with Gasteiger partial charge in [0.1, 0.15) is 17.6 Å². The summed E-state index contributed by atoms with van der Waals surface area (Å²) in [4.78, 5) is 62.4. The van der Waals surface area contributed by atoms with Gasteiger partial charge in [0.15, 0.2) is 11.8 Å². The molecular weight excluding hydrogens is 539 g/mol. The number of hydrogen-bond acceptors (Lipinski definition) is 9. The zero-order valence-corrected chi connectivity index (χ0v) is 23.3. The molecule has 0 saturated heterocycles. The highest BCUT2D eigenvalue weighted by molar-refractivity contribution is 5.95. The Kier molecular flexibility index (Phi) is 12.7. The maximum atomic E-state index is 13.5. The van der Waals surface area contributed by atoms with Crippen LogP contribution in [-0.2, 0) is 35.1 Å².